The molecule has 0 unspecified atom stereocenters. The maximum atomic E-state index is 7.94. The van der Waals surface area contributed by atoms with Crippen molar-refractivity contribution in [2.24, 2.45) is 9.98 Å². The van der Waals surface area contributed by atoms with Gasteiger partial charge in [-0.2, -0.15) is 9.98 Å². The van der Waals surface area contributed by atoms with Crippen LogP contribution in [0.1, 0.15) is 13.9 Å². The number of benzene rings is 2. The van der Waals surface area contributed by atoms with E-state index in [-0.39, 0.29) is 0 Å². The largest absolute Gasteiger partial charge is 0.195 e. The summed E-state index contributed by atoms with van der Waals surface area (Å²) in [7, 11) is 0. The summed E-state index contributed by atoms with van der Waals surface area (Å²) in [5, 5.41) is 4.54. The molecule has 0 fully saturated rings. The van der Waals surface area contributed by atoms with Crippen LogP contribution in [-0.2, 0) is 0 Å². The van der Waals surface area contributed by atoms with Gasteiger partial charge in [-0.1, -0.05) is 36.4 Å². The first-order chi connectivity index (χ1) is 10.6. The number of rotatable bonds is 4. The standard InChI is InChI=1S/C16H10N2S2/c19-11-17-15-7-3-13(4-8-15)1-2-14-5-9-16(10-6-14)18-12-20/h1-10H/i3T,5T. The van der Waals surface area contributed by atoms with Gasteiger partial charge >= 0.3 is 0 Å². The molecule has 0 bridgehead atoms. The van der Waals surface area contributed by atoms with Gasteiger partial charge in [0.2, 0.25) is 0 Å². The van der Waals surface area contributed by atoms with E-state index in [2.05, 4.69) is 44.7 Å². The molecule has 0 heterocycles. The highest BCUT2D eigenvalue weighted by Gasteiger charge is 1.91. The Balaban J connectivity index is 2.28. The molecule has 2 aromatic carbocycles. The number of hydrogen-bond donors (Lipinski definition) is 0. The van der Waals surface area contributed by atoms with E-state index in [0.29, 0.717) is 23.5 Å². The van der Waals surface area contributed by atoms with E-state index in [4.69, 9.17) is 2.74 Å². The summed E-state index contributed by atoms with van der Waals surface area (Å²) in [5.74, 6) is 0. The van der Waals surface area contributed by atoms with Crippen LogP contribution in [0.3, 0.4) is 0 Å². The molecule has 2 rings (SSSR count). The van der Waals surface area contributed by atoms with Crippen molar-refractivity contribution in [1.82, 2.24) is 0 Å². The van der Waals surface area contributed by atoms with Crippen LogP contribution in [0.5, 0.6) is 0 Å². The fraction of sp³-hybridized carbons (Fsp3) is 0. The van der Waals surface area contributed by atoms with Crippen LogP contribution in [0.15, 0.2) is 58.5 Å². The summed E-state index contributed by atoms with van der Waals surface area (Å²) in [5.41, 5.74) is 2.65. The van der Waals surface area contributed by atoms with Gasteiger partial charge in [0.1, 0.15) is 0 Å². The van der Waals surface area contributed by atoms with E-state index >= 15 is 0 Å². The van der Waals surface area contributed by atoms with Crippen molar-refractivity contribution in [1.29, 1.82) is 0 Å². The minimum Gasteiger partial charge on any atom is -0.195 e. The Morgan fingerprint density at radius 1 is 0.800 bits per heavy atom. The van der Waals surface area contributed by atoms with E-state index in [9.17, 15) is 0 Å². The third kappa shape index (κ3) is 4.16. The van der Waals surface area contributed by atoms with Gasteiger partial charge in [0, 0.05) is 0 Å². The van der Waals surface area contributed by atoms with E-state index in [0.717, 1.165) is 11.1 Å². The van der Waals surface area contributed by atoms with Gasteiger partial charge < -0.3 is 0 Å². The van der Waals surface area contributed by atoms with Crippen LogP contribution >= 0.6 is 24.4 Å². The fourth-order valence-electron chi connectivity index (χ4n) is 1.49. The monoisotopic (exact) mass is 298 g/mol. The van der Waals surface area contributed by atoms with Gasteiger partial charge in [-0.25, -0.2) is 0 Å². The van der Waals surface area contributed by atoms with Crippen molar-refractivity contribution in [2.45, 2.75) is 0 Å². The summed E-state index contributed by atoms with van der Waals surface area (Å²) in [6.07, 6.45) is 3.56. The molecule has 0 amide bonds. The number of aliphatic imine (C=N–C) groups is 2. The lowest BCUT2D eigenvalue weighted by Gasteiger charge is -1.96. The van der Waals surface area contributed by atoms with Crippen molar-refractivity contribution in [2.75, 3.05) is 0 Å². The predicted molar refractivity (Wildman–Crippen MR) is 91.2 cm³/mol. The highest BCUT2D eigenvalue weighted by atomic mass is 32.1. The molecule has 0 saturated heterocycles. The van der Waals surface area contributed by atoms with Gasteiger partial charge in [-0.3, -0.25) is 0 Å². The molecule has 2 aromatic rings. The van der Waals surface area contributed by atoms with Gasteiger partial charge in [-0.05, 0) is 59.8 Å². The van der Waals surface area contributed by atoms with Crippen LogP contribution in [0.4, 0.5) is 11.4 Å². The van der Waals surface area contributed by atoms with Crippen LogP contribution in [0.25, 0.3) is 12.2 Å². The van der Waals surface area contributed by atoms with E-state index in [1.165, 1.54) is 0 Å². The molecule has 2 nitrogen and oxygen atoms in total. The molecule has 0 radical (unpaired) electrons. The molecule has 0 aliphatic carbocycles. The molecule has 0 N–H and O–H groups in total. The third-order valence-electron chi connectivity index (χ3n) is 2.43. The second-order valence-corrected chi connectivity index (χ2v) is 4.11. The molecule has 0 atom stereocenters. The van der Waals surface area contributed by atoms with Crippen LogP contribution in [0, 0.1) is 0 Å². The van der Waals surface area contributed by atoms with Crippen molar-refractivity contribution in [3.05, 3.63) is 59.6 Å². The SMILES string of the molecule is [3H]c1cc(N=C=S)ccc1C=Cc1ccc(N=C=S)cc1[3H]. The van der Waals surface area contributed by atoms with Crippen molar-refractivity contribution < 1.29 is 2.74 Å². The zero-order chi connectivity index (χ0) is 15.9. The Labute approximate surface area is 131 Å². The fourth-order valence-corrected chi connectivity index (χ4v) is 1.70. The summed E-state index contributed by atoms with van der Waals surface area (Å²) in [4.78, 5) is 7.67. The van der Waals surface area contributed by atoms with Crippen molar-refractivity contribution in [3.63, 3.8) is 0 Å². The summed E-state index contributed by atoms with van der Waals surface area (Å²) in [6.45, 7) is 0. The van der Waals surface area contributed by atoms with Gasteiger partial charge in [-0.15, -0.1) is 0 Å². The van der Waals surface area contributed by atoms with Crippen molar-refractivity contribution >= 4 is 58.3 Å². The summed E-state index contributed by atoms with van der Waals surface area (Å²) < 4.78 is 15.9. The molecule has 0 spiro atoms. The zero-order valence-corrected chi connectivity index (χ0v) is 12.0. The Morgan fingerprint density at radius 2 is 1.25 bits per heavy atom. The Kier molecular flexibility index (Phi) is 4.28. The molecular weight excluding hydrogens is 284 g/mol. The van der Waals surface area contributed by atoms with Crippen LogP contribution in [-0.4, -0.2) is 10.3 Å². The molecule has 0 aromatic heterocycles. The lowest BCUT2D eigenvalue weighted by atomic mass is 10.1. The Hall–Kier alpha value is -2.22. The zero-order valence-electron chi connectivity index (χ0n) is 12.3. The van der Waals surface area contributed by atoms with Gasteiger partial charge in [0.05, 0.1) is 24.4 Å². The average Bonchev–Trinajstić information content (AvgIpc) is 2.49. The normalized spacial score (nSPS) is 11.2. The smallest absolute Gasteiger partial charge is 0.0739 e. The minimum atomic E-state index is 0.330. The number of thiocarbonyl (C=S) groups is 2. The first-order valence-corrected chi connectivity index (χ1v) is 6.51. The number of isothiocyanates is 2. The Morgan fingerprint density at radius 3 is 1.60 bits per heavy atom. The summed E-state index contributed by atoms with van der Waals surface area (Å²) in [6, 6.07) is 11.0. The molecule has 20 heavy (non-hydrogen) atoms. The lowest BCUT2D eigenvalue weighted by Crippen LogP contribution is -1.73. The average molecular weight is 298 g/mol. The molecule has 4 heteroatoms. The molecular formula is C16H10N2S2. The molecule has 96 valence electrons. The molecule has 0 aliphatic heterocycles. The maximum Gasteiger partial charge on any atom is 0.0739 e. The molecule has 0 aliphatic rings. The van der Waals surface area contributed by atoms with E-state index < -0.39 is 0 Å². The Bertz CT molecular complexity index is 765. The topological polar surface area (TPSA) is 24.7 Å². The van der Waals surface area contributed by atoms with Gasteiger partial charge in [0.25, 0.3) is 0 Å². The first-order valence-electron chi connectivity index (χ1n) is 6.69. The second-order valence-electron chi connectivity index (χ2n) is 3.74. The maximum absolute atomic E-state index is 7.94. The van der Waals surface area contributed by atoms with Gasteiger partial charge in [0.15, 0.2) is 0 Å². The minimum absolute atomic E-state index is 0.330. The predicted octanol–water partition coefficient (Wildman–Crippen LogP) is 5.33. The second kappa shape index (κ2) is 7.39. The highest BCUT2D eigenvalue weighted by molar-refractivity contribution is 7.78. The number of nitrogens with zero attached hydrogens (tertiary/aromatic N) is 2. The lowest BCUT2D eigenvalue weighted by molar-refractivity contribution is 1.53. The van der Waals surface area contributed by atoms with E-state index in [1.54, 1.807) is 48.6 Å². The quantitative estimate of drug-likeness (QED) is 0.433. The third-order valence-corrected chi connectivity index (χ3v) is 2.62. The van der Waals surface area contributed by atoms with Crippen LogP contribution < -0.4 is 0 Å². The number of hydrogen-bond acceptors (Lipinski definition) is 4. The first kappa shape index (κ1) is 11.6. The molecule has 0 saturated carbocycles. The van der Waals surface area contributed by atoms with Crippen molar-refractivity contribution in [3.8, 4) is 0 Å². The summed E-state index contributed by atoms with van der Waals surface area (Å²) >= 11 is 9.07. The highest BCUT2D eigenvalue weighted by Crippen LogP contribution is 2.16. The van der Waals surface area contributed by atoms with Crippen LogP contribution in [0.2, 0.25) is 0 Å². The van der Waals surface area contributed by atoms with E-state index in [1.807, 2.05) is 0 Å².